The highest BCUT2D eigenvalue weighted by Gasteiger charge is 2.25. The zero-order valence-corrected chi connectivity index (χ0v) is 17.4. The van der Waals surface area contributed by atoms with Crippen LogP contribution in [0, 0.1) is 5.92 Å². The molecule has 3 rings (SSSR count). The monoisotopic (exact) mass is 413 g/mol. The van der Waals surface area contributed by atoms with Gasteiger partial charge in [-0.2, -0.15) is 0 Å². The lowest BCUT2D eigenvalue weighted by atomic mass is 9.97. The highest BCUT2D eigenvalue weighted by Crippen LogP contribution is 2.20. The van der Waals surface area contributed by atoms with Crippen molar-refractivity contribution in [3.8, 4) is 5.75 Å². The molecule has 1 heterocycles. The first-order valence-electron chi connectivity index (χ1n) is 10.9. The molecule has 3 amide bonds. The number of likely N-dealkylation sites (tertiary alicyclic amines) is 1. The third-order valence-electron chi connectivity index (χ3n) is 5.70. The number of ether oxygens (including phenoxy) is 1. The maximum absolute atomic E-state index is 12.2. The molecule has 1 saturated heterocycles. The summed E-state index contributed by atoms with van der Waals surface area (Å²) in [5.74, 6) is -0.383. The second kappa shape index (κ2) is 11.4. The fraction of sp³-hybridized carbons (Fsp3) is 0.522. The van der Waals surface area contributed by atoms with Gasteiger partial charge in [-0.15, -0.1) is 0 Å². The molecule has 0 aromatic heterocycles. The van der Waals surface area contributed by atoms with Crippen molar-refractivity contribution in [3.63, 3.8) is 0 Å². The van der Waals surface area contributed by atoms with Crippen LogP contribution in [-0.4, -0.2) is 49.0 Å². The van der Waals surface area contributed by atoms with Crippen LogP contribution in [-0.2, 0) is 9.59 Å². The van der Waals surface area contributed by atoms with Crippen LogP contribution in [0.2, 0.25) is 0 Å². The number of carbonyl (C=O) groups excluding carboxylic acids is 3. The minimum atomic E-state index is -0.585. The summed E-state index contributed by atoms with van der Waals surface area (Å²) in [6, 6.07) is 9.00. The van der Waals surface area contributed by atoms with Crippen molar-refractivity contribution in [2.45, 2.75) is 44.9 Å². The smallest absolute Gasteiger partial charge is 0.410 e. The molecule has 0 atom stereocenters. The molecule has 0 saturated carbocycles. The lowest BCUT2D eigenvalue weighted by Crippen LogP contribution is -2.45. The molecule has 1 aromatic carbocycles. The maximum Gasteiger partial charge on any atom is 0.415 e. The Bertz CT molecular complexity index is 755. The molecule has 0 bridgehead atoms. The first kappa shape index (κ1) is 21.9. The minimum Gasteiger partial charge on any atom is -0.410 e. The topological polar surface area (TPSA) is 87.7 Å². The van der Waals surface area contributed by atoms with Gasteiger partial charge >= 0.3 is 17.9 Å². The maximum atomic E-state index is 12.2. The molecule has 1 fully saturated rings. The van der Waals surface area contributed by atoms with Crippen molar-refractivity contribution in [1.29, 1.82) is 0 Å². The number of benzene rings is 1. The Morgan fingerprint density at radius 1 is 1.00 bits per heavy atom. The van der Waals surface area contributed by atoms with Gasteiger partial charge in [0.05, 0.1) is 0 Å². The van der Waals surface area contributed by atoms with Gasteiger partial charge in [0.2, 0.25) is 0 Å². The summed E-state index contributed by atoms with van der Waals surface area (Å²) in [5, 5.41) is 5.43. The van der Waals surface area contributed by atoms with Crippen molar-refractivity contribution in [1.82, 2.24) is 15.5 Å². The summed E-state index contributed by atoms with van der Waals surface area (Å²) in [4.78, 5) is 37.9. The predicted octanol–water partition coefficient (Wildman–Crippen LogP) is 3.02. The quantitative estimate of drug-likeness (QED) is 0.554. The van der Waals surface area contributed by atoms with Crippen molar-refractivity contribution in [2.75, 3.05) is 26.2 Å². The third kappa shape index (κ3) is 6.90. The molecule has 2 N–H and O–H groups in total. The number of nitrogens with zero attached hydrogens (tertiary/aromatic N) is 1. The number of carbonyl (C=O) groups is 3. The predicted molar refractivity (Wildman–Crippen MR) is 114 cm³/mol. The Balaban J connectivity index is 1.30. The minimum absolute atomic E-state index is 0.245. The van der Waals surface area contributed by atoms with E-state index in [4.69, 9.17) is 4.74 Å². The van der Waals surface area contributed by atoms with Crippen molar-refractivity contribution < 1.29 is 19.1 Å². The summed E-state index contributed by atoms with van der Waals surface area (Å²) >= 11 is 0. The van der Waals surface area contributed by atoms with Crippen LogP contribution in [0.5, 0.6) is 5.75 Å². The largest absolute Gasteiger partial charge is 0.415 e. The number of hydrogen-bond donors (Lipinski definition) is 2. The second-order valence-electron chi connectivity index (χ2n) is 7.94. The molecule has 1 aliphatic heterocycles. The SMILES string of the molecule is O=C(NCCC1=CCCCC1)C(=O)NCC1CCN(C(=O)Oc2ccccc2)CC1. The number of nitrogens with one attached hydrogen (secondary N) is 2. The Kier molecular flexibility index (Phi) is 8.30. The molecule has 0 spiro atoms. The molecule has 1 aliphatic carbocycles. The van der Waals surface area contributed by atoms with Gasteiger partial charge in [0.25, 0.3) is 0 Å². The van der Waals surface area contributed by atoms with E-state index in [2.05, 4.69) is 16.7 Å². The molecule has 7 nitrogen and oxygen atoms in total. The summed E-state index contributed by atoms with van der Waals surface area (Å²) in [7, 11) is 0. The normalized spacial score (nSPS) is 17.1. The Labute approximate surface area is 177 Å². The summed E-state index contributed by atoms with van der Waals surface area (Å²) in [6.07, 6.45) is 8.91. The van der Waals surface area contributed by atoms with E-state index in [1.807, 2.05) is 18.2 Å². The van der Waals surface area contributed by atoms with E-state index in [1.165, 1.54) is 18.4 Å². The van der Waals surface area contributed by atoms with Crippen LogP contribution >= 0.6 is 0 Å². The molecule has 2 aliphatic rings. The van der Waals surface area contributed by atoms with Crippen molar-refractivity contribution in [3.05, 3.63) is 42.0 Å². The van der Waals surface area contributed by atoms with Gasteiger partial charge < -0.3 is 20.3 Å². The number of piperidine rings is 1. The molecular weight excluding hydrogens is 382 g/mol. The summed E-state index contributed by atoms with van der Waals surface area (Å²) in [6.45, 7) is 2.10. The van der Waals surface area contributed by atoms with E-state index in [0.717, 1.165) is 32.1 Å². The van der Waals surface area contributed by atoms with E-state index in [0.29, 0.717) is 31.9 Å². The standard InChI is InChI=1S/C23H31N3O4/c27-21(24-14-11-18-7-3-1-4-8-18)22(28)25-17-19-12-15-26(16-13-19)23(29)30-20-9-5-2-6-10-20/h2,5-7,9-10,19H,1,3-4,8,11-17H2,(H,24,27)(H,25,28). The summed E-state index contributed by atoms with van der Waals surface area (Å²) in [5.41, 5.74) is 1.37. The van der Waals surface area contributed by atoms with Crippen LogP contribution < -0.4 is 15.4 Å². The van der Waals surface area contributed by atoms with Crippen LogP contribution in [0.4, 0.5) is 4.79 Å². The van der Waals surface area contributed by atoms with Crippen molar-refractivity contribution >= 4 is 17.9 Å². The molecule has 30 heavy (non-hydrogen) atoms. The van der Waals surface area contributed by atoms with Gasteiger partial charge in [0, 0.05) is 26.2 Å². The van der Waals surface area contributed by atoms with E-state index < -0.39 is 11.8 Å². The molecule has 0 radical (unpaired) electrons. The number of hydrogen-bond acceptors (Lipinski definition) is 4. The lowest BCUT2D eigenvalue weighted by molar-refractivity contribution is -0.139. The summed E-state index contributed by atoms with van der Waals surface area (Å²) < 4.78 is 5.36. The molecular formula is C23H31N3O4. The molecule has 1 aromatic rings. The van der Waals surface area contributed by atoms with Crippen LogP contribution in [0.25, 0.3) is 0 Å². The van der Waals surface area contributed by atoms with Gasteiger partial charge in [-0.05, 0) is 63.0 Å². The van der Waals surface area contributed by atoms with E-state index >= 15 is 0 Å². The van der Waals surface area contributed by atoms with E-state index in [9.17, 15) is 14.4 Å². The van der Waals surface area contributed by atoms with Gasteiger partial charge in [-0.25, -0.2) is 4.79 Å². The number of rotatable bonds is 6. The fourth-order valence-electron chi connectivity index (χ4n) is 3.84. The lowest BCUT2D eigenvalue weighted by Gasteiger charge is -2.31. The van der Waals surface area contributed by atoms with Crippen LogP contribution in [0.15, 0.2) is 42.0 Å². The average Bonchev–Trinajstić information content (AvgIpc) is 2.79. The van der Waals surface area contributed by atoms with E-state index in [1.54, 1.807) is 17.0 Å². The zero-order valence-electron chi connectivity index (χ0n) is 17.4. The third-order valence-corrected chi connectivity index (χ3v) is 5.70. The highest BCUT2D eigenvalue weighted by atomic mass is 16.6. The Hall–Kier alpha value is -2.83. The van der Waals surface area contributed by atoms with Gasteiger partial charge in [0.15, 0.2) is 0 Å². The molecule has 162 valence electrons. The zero-order chi connectivity index (χ0) is 21.2. The fourth-order valence-corrected chi connectivity index (χ4v) is 3.84. The molecule has 0 unspecified atom stereocenters. The average molecular weight is 414 g/mol. The number of amides is 3. The van der Waals surface area contributed by atoms with Crippen LogP contribution in [0.3, 0.4) is 0 Å². The Morgan fingerprint density at radius 3 is 2.43 bits per heavy atom. The van der Waals surface area contributed by atoms with E-state index in [-0.39, 0.29) is 12.0 Å². The number of para-hydroxylation sites is 1. The second-order valence-corrected chi connectivity index (χ2v) is 7.94. The highest BCUT2D eigenvalue weighted by molar-refractivity contribution is 6.35. The molecule has 7 heteroatoms. The Morgan fingerprint density at radius 2 is 1.73 bits per heavy atom. The van der Waals surface area contributed by atoms with Gasteiger partial charge in [0.1, 0.15) is 5.75 Å². The first-order chi connectivity index (χ1) is 14.6. The van der Waals surface area contributed by atoms with Crippen LogP contribution in [0.1, 0.15) is 44.9 Å². The van der Waals surface area contributed by atoms with Gasteiger partial charge in [-0.3, -0.25) is 9.59 Å². The van der Waals surface area contributed by atoms with Gasteiger partial charge in [-0.1, -0.05) is 29.8 Å². The number of allylic oxidation sites excluding steroid dienone is 1. The first-order valence-corrected chi connectivity index (χ1v) is 10.9. The van der Waals surface area contributed by atoms with Crippen molar-refractivity contribution in [2.24, 2.45) is 5.92 Å².